The van der Waals surface area contributed by atoms with Crippen LogP contribution in [0.1, 0.15) is 19.4 Å². The second kappa shape index (κ2) is 5.63. The van der Waals surface area contributed by atoms with Gasteiger partial charge in [0.1, 0.15) is 5.70 Å². The minimum Gasteiger partial charge on any atom is -0.425 e. The summed E-state index contributed by atoms with van der Waals surface area (Å²) in [7, 11) is 0. The maximum Gasteiger partial charge on any atom is 0.354 e. The van der Waals surface area contributed by atoms with E-state index in [2.05, 4.69) is 5.32 Å². The highest BCUT2D eigenvalue weighted by atomic mass is 35.5. The van der Waals surface area contributed by atoms with Crippen LogP contribution in [0.4, 0.5) is 5.69 Å². The molecule has 0 fully saturated rings. The van der Waals surface area contributed by atoms with E-state index >= 15 is 0 Å². The zero-order valence-corrected chi connectivity index (χ0v) is 11.8. The molecule has 0 radical (unpaired) electrons. The largest absolute Gasteiger partial charge is 0.425 e. The molecular formula is C14H16ClNO3. The van der Waals surface area contributed by atoms with Crippen molar-refractivity contribution in [2.45, 2.75) is 33.2 Å². The molecule has 19 heavy (non-hydrogen) atoms. The van der Waals surface area contributed by atoms with Gasteiger partial charge in [-0.3, -0.25) is 0 Å². The average Bonchev–Trinajstić information content (AvgIpc) is 2.59. The molecule has 102 valence electrons. The molecule has 1 heterocycles. The molecule has 1 aliphatic heterocycles. The van der Waals surface area contributed by atoms with Gasteiger partial charge in [-0.2, -0.15) is 0 Å². The third kappa shape index (κ3) is 3.28. The van der Waals surface area contributed by atoms with Crippen LogP contribution in [-0.2, 0) is 14.3 Å². The number of esters is 1. The summed E-state index contributed by atoms with van der Waals surface area (Å²) in [6.07, 6.45) is -0.850. The predicted octanol–water partition coefficient (Wildman–Crippen LogP) is 3.17. The van der Waals surface area contributed by atoms with Gasteiger partial charge in [0.15, 0.2) is 5.03 Å². The lowest BCUT2D eigenvalue weighted by atomic mass is 10.2. The molecule has 0 amide bonds. The third-order valence-electron chi connectivity index (χ3n) is 2.59. The molecule has 1 aromatic rings. The maximum atomic E-state index is 11.5. The highest BCUT2D eigenvalue weighted by Crippen LogP contribution is 2.28. The Bertz CT molecular complexity index is 508. The molecule has 4 nitrogen and oxygen atoms in total. The molecule has 1 aromatic carbocycles. The van der Waals surface area contributed by atoms with Crippen LogP contribution in [0.25, 0.3) is 0 Å². The van der Waals surface area contributed by atoms with Crippen LogP contribution in [0.5, 0.6) is 0 Å². The minimum absolute atomic E-state index is 0.0335. The second-order valence-electron chi connectivity index (χ2n) is 4.64. The third-order valence-corrected chi connectivity index (χ3v) is 2.95. The van der Waals surface area contributed by atoms with Crippen LogP contribution in [0.3, 0.4) is 0 Å². The minimum atomic E-state index is -0.777. The van der Waals surface area contributed by atoms with Gasteiger partial charge in [-0.05, 0) is 32.9 Å². The Morgan fingerprint density at radius 1 is 1.32 bits per heavy atom. The summed E-state index contributed by atoms with van der Waals surface area (Å²) in [6, 6.07) is 7.74. The van der Waals surface area contributed by atoms with Crippen molar-refractivity contribution in [3.63, 3.8) is 0 Å². The van der Waals surface area contributed by atoms with Crippen molar-refractivity contribution in [1.29, 1.82) is 0 Å². The smallest absolute Gasteiger partial charge is 0.354 e. The summed E-state index contributed by atoms with van der Waals surface area (Å²) < 4.78 is 10.6. The molecule has 0 saturated heterocycles. The van der Waals surface area contributed by atoms with E-state index in [0.717, 1.165) is 11.3 Å². The van der Waals surface area contributed by atoms with E-state index in [-0.39, 0.29) is 11.1 Å². The molecule has 2 rings (SSSR count). The average molecular weight is 282 g/mol. The number of ether oxygens (including phenoxy) is 2. The van der Waals surface area contributed by atoms with E-state index in [0.29, 0.717) is 5.70 Å². The van der Waals surface area contributed by atoms with Crippen LogP contribution < -0.4 is 5.32 Å². The lowest BCUT2D eigenvalue weighted by Crippen LogP contribution is -2.23. The number of rotatable bonds is 4. The van der Waals surface area contributed by atoms with E-state index in [9.17, 15) is 4.79 Å². The quantitative estimate of drug-likeness (QED) is 0.861. The number of aryl methyl sites for hydroxylation is 1. The zero-order chi connectivity index (χ0) is 14.0. The number of benzene rings is 1. The summed E-state index contributed by atoms with van der Waals surface area (Å²) >= 11 is 5.95. The zero-order valence-electron chi connectivity index (χ0n) is 11.1. The highest BCUT2D eigenvalue weighted by molar-refractivity contribution is 6.42. The summed E-state index contributed by atoms with van der Waals surface area (Å²) in [4.78, 5) is 11.5. The van der Waals surface area contributed by atoms with Crippen molar-refractivity contribution in [3.05, 3.63) is 40.6 Å². The highest BCUT2D eigenvalue weighted by Gasteiger charge is 2.34. The predicted molar refractivity (Wildman–Crippen MR) is 73.8 cm³/mol. The Morgan fingerprint density at radius 3 is 2.53 bits per heavy atom. The Labute approximate surface area is 117 Å². The number of cyclic esters (lactones) is 1. The number of anilines is 1. The lowest BCUT2D eigenvalue weighted by Gasteiger charge is -2.18. The first-order chi connectivity index (χ1) is 8.97. The molecule has 1 aliphatic rings. The van der Waals surface area contributed by atoms with Gasteiger partial charge in [0.25, 0.3) is 0 Å². The molecule has 0 unspecified atom stereocenters. The summed E-state index contributed by atoms with van der Waals surface area (Å²) in [5.41, 5.74) is 2.43. The van der Waals surface area contributed by atoms with Crippen LogP contribution >= 0.6 is 11.6 Å². The molecule has 0 spiro atoms. The SMILES string of the molecule is Cc1ccc(NC2=C(Cl)C(=O)O[C@H]2OC(C)C)cc1. The van der Waals surface area contributed by atoms with Crippen molar-refractivity contribution in [2.75, 3.05) is 5.32 Å². The first-order valence-electron chi connectivity index (χ1n) is 6.07. The normalized spacial score (nSPS) is 19.0. The van der Waals surface area contributed by atoms with Crippen molar-refractivity contribution >= 4 is 23.3 Å². The van der Waals surface area contributed by atoms with Gasteiger partial charge in [0.05, 0.1) is 6.10 Å². The molecule has 0 aliphatic carbocycles. The number of hydrogen-bond donors (Lipinski definition) is 1. The Hall–Kier alpha value is -1.52. The summed E-state index contributed by atoms with van der Waals surface area (Å²) in [6.45, 7) is 5.73. The van der Waals surface area contributed by atoms with Crippen molar-refractivity contribution in [1.82, 2.24) is 0 Å². The Kier molecular flexibility index (Phi) is 4.12. The number of hydrogen-bond acceptors (Lipinski definition) is 4. The van der Waals surface area contributed by atoms with E-state index in [4.69, 9.17) is 21.1 Å². The van der Waals surface area contributed by atoms with Crippen molar-refractivity contribution in [2.24, 2.45) is 0 Å². The summed E-state index contributed by atoms with van der Waals surface area (Å²) in [5.74, 6) is -0.568. The molecule has 1 atom stereocenters. The van der Waals surface area contributed by atoms with Crippen LogP contribution in [-0.4, -0.2) is 18.4 Å². The van der Waals surface area contributed by atoms with Crippen molar-refractivity contribution < 1.29 is 14.3 Å². The molecule has 5 heteroatoms. The first kappa shape index (κ1) is 13.9. The first-order valence-corrected chi connectivity index (χ1v) is 6.45. The van der Waals surface area contributed by atoms with E-state index < -0.39 is 12.3 Å². The van der Waals surface area contributed by atoms with Crippen LogP contribution in [0, 0.1) is 6.92 Å². The monoisotopic (exact) mass is 281 g/mol. The number of nitrogens with one attached hydrogen (secondary N) is 1. The van der Waals surface area contributed by atoms with Crippen LogP contribution in [0.15, 0.2) is 35.0 Å². The van der Waals surface area contributed by atoms with E-state index in [1.54, 1.807) is 0 Å². The van der Waals surface area contributed by atoms with Gasteiger partial charge in [-0.1, -0.05) is 29.3 Å². The standard InChI is InChI=1S/C14H16ClNO3/c1-8(2)18-14-12(11(15)13(17)19-14)16-10-6-4-9(3)5-7-10/h4-8,14,16H,1-3H3/t14-/m1/s1. The Balaban J connectivity index is 2.19. The number of carbonyl (C=O) groups is 1. The fraction of sp³-hybridized carbons (Fsp3) is 0.357. The van der Waals surface area contributed by atoms with Gasteiger partial charge >= 0.3 is 5.97 Å². The molecule has 0 bridgehead atoms. The fourth-order valence-corrected chi connectivity index (χ4v) is 1.85. The van der Waals surface area contributed by atoms with Gasteiger partial charge in [0, 0.05) is 5.69 Å². The molecule has 0 aromatic heterocycles. The fourth-order valence-electron chi connectivity index (χ4n) is 1.67. The van der Waals surface area contributed by atoms with Gasteiger partial charge in [0.2, 0.25) is 6.29 Å². The maximum absolute atomic E-state index is 11.5. The van der Waals surface area contributed by atoms with Crippen molar-refractivity contribution in [3.8, 4) is 0 Å². The van der Waals surface area contributed by atoms with Gasteiger partial charge < -0.3 is 14.8 Å². The number of carbonyl (C=O) groups excluding carboxylic acids is 1. The topological polar surface area (TPSA) is 47.6 Å². The van der Waals surface area contributed by atoms with E-state index in [1.165, 1.54) is 0 Å². The molecule has 1 N–H and O–H groups in total. The molecular weight excluding hydrogens is 266 g/mol. The van der Waals surface area contributed by atoms with E-state index in [1.807, 2.05) is 45.0 Å². The van der Waals surface area contributed by atoms with Gasteiger partial charge in [-0.25, -0.2) is 4.79 Å². The number of halogens is 1. The second-order valence-corrected chi connectivity index (χ2v) is 5.02. The summed E-state index contributed by atoms with van der Waals surface area (Å²) in [5, 5.41) is 3.11. The lowest BCUT2D eigenvalue weighted by molar-refractivity contribution is -0.165. The molecule has 0 saturated carbocycles. The Morgan fingerprint density at radius 2 is 1.95 bits per heavy atom. The van der Waals surface area contributed by atoms with Gasteiger partial charge in [-0.15, -0.1) is 0 Å². The van der Waals surface area contributed by atoms with Crippen LogP contribution in [0.2, 0.25) is 0 Å².